The molecule has 0 saturated heterocycles. The van der Waals surface area contributed by atoms with Gasteiger partial charge in [0.25, 0.3) is 10.0 Å². The summed E-state index contributed by atoms with van der Waals surface area (Å²) in [5.41, 5.74) is 2.09. The number of nitrogens with one attached hydrogen (secondary N) is 1. The van der Waals surface area contributed by atoms with Crippen molar-refractivity contribution < 1.29 is 13.2 Å². The summed E-state index contributed by atoms with van der Waals surface area (Å²) in [6.07, 6.45) is 3.25. The summed E-state index contributed by atoms with van der Waals surface area (Å²) in [6, 6.07) is 14.7. The number of sulfonamides is 1. The Labute approximate surface area is 195 Å². The lowest BCUT2D eigenvalue weighted by atomic mass is 10.1. The van der Waals surface area contributed by atoms with Gasteiger partial charge in [0.05, 0.1) is 17.9 Å². The number of pyridine rings is 2. The van der Waals surface area contributed by atoms with Crippen LogP contribution < -0.4 is 14.5 Å². The van der Waals surface area contributed by atoms with Crippen LogP contribution in [0, 0.1) is 6.92 Å². The maximum absolute atomic E-state index is 13.8. The van der Waals surface area contributed by atoms with Crippen LogP contribution >= 0.6 is 0 Å². The van der Waals surface area contributed by atoms with Crippen LogP contribution in [0.1, 0.15) is 24.6 Å². The summed E-state index contributed by atoms with van der Waals surface area (Å²) in [4.78, 5) is 23.4. The smallest absolute Gasteiger partial charge is 0.266 e. The van der Waals surface area contributed by atoms with E-state index in [0.29, 0.717) is 17.2 Å². The van der Waals surface area contributed by atoms with Gasteiger partial charge in [0.1, 0.15) is 16.8 Å². The molecule has 174 valence electrons. The molecule has 0 aliphatic carbocycles. The van der Waals surface area contributed by atoms with Crippen molar-refractivity contribution in [3.8, 4) is 0 Å². The van der Waals surface area contributed by atoms with Crippen molar-refractivity contribution in [2.45, 2.75) is 37.8 Å². The van der Waals surface area contributed by atoms with Crippen molar-refractivity contribution in [2.75, 3.05) is 23.3 Å². The molecule has 3 aromatic rings. The highest BCUT2D eigenvalue weighted by Crippen LogP contribution is 2.28. The lowest BCUT2D eigenvalue weighted by Gasteiger charge is -2.31. The summed E-state index contributed by atoms with van der Waals surface area (Å²) in [6.45, 7) is 3.91. The zero-order chi connectivity index (χ0) is 24.0. The fourth-order valence-corrected chi connectivity index (χ4v) is 4.97. The minimum atomic E-state index is -4.07. The van der Waals surface area contributed by atoms with E-state index >= 15 is 0 Å². The Morgan fingerprint density at radius 2 is 1.76 bits per heavy atom. The Hall–Kier alpha value is -3.46. The molecule has 3 rings (SSSR count). The molecule has 1 aromatic carbocycles. The van der Waals surface area contributed by atoms with Crippen LogP contribution in [0.15, 0.2) is 71.9 Å². The molecule has 9 heteroatoms. The Balaban J connectivity index is 1.98. The Kier molecular flexibility index (Phi) is 7.65. The van der Waals surface area contributed by atoms with Gasteiger partial charge < -0.3 is 10.2 Å². The SMILES string of the molecule is CCC(C(=O)NCc1ccccn1)N(c1ccc(C)cc1)S(=O)(=O)c1ccc(N(C)C)nc1. The molecule has 0 radical (unpaired) electrons. The van der Waals surface area contributed by atoms with Gasteiger partial charge in [0.15, 0.2) is 0 Å². The maximum Gasteiger partial charge on any atom is 0.266 e. The van der Waals surface area contributed by atoms with E-state index in [1.807, 2.05) is 39.2 Å². The molecule has 33 heavy (non-hydrogen) atoms. The minimum absolute atomic E-state index is 0.0182. The molecule has 0 fully saturated rings. The fraction of sp³-hybridized carbons (Fsp3) is 0.292. The van der Waals surface area contributed by atoms with Gasteiger partial charge in [0.2, 0.25) is 5.91 Å². The van der Waals surface area contributed by atoms with Crippen molar-refractivity contribution >= 4 is 27.4 Å². The van der Waals surface area contributed by atoms with Crippen molar-refractivity contribution in [1.29, 1.82) is 0 Å². The molecule has 0 saturated carbocycles. The van der Waals surface area contributed by atoms with Gasteiger partial charge in [-0.3, -0.25) is 14.1 Å². The Morgan fingerprint density at radius 3 is 2.30 bits per heavy atom. The summed E-state index contributed by atoms with van der Waals surface area (Å²) in [7, 11) is -0.418. The van der Waals surface area contributed by atoms with E-state index in [-0.39, 0.29) is 17.9 Å². The maximum atomic E-state index is 13.8. The minimum Gasteiger partial charge on any atom is -0.363 e. The fourth-order valence-electron chi connectivity index (χ4n) is 3.34. The monoisotopic (exact) mass is 467 g/mol. The average Bonchev–Trinajstić information content (AvgIpc) is 2.82. The van der Waals surface area contributed by atoms with E-state index in [2.05, 4.69) is 15.3 Å². The first-order chi connectivity index (χ1) is 15.7. The number of benzene rings is 1. The van der Waals surface area contributed by atoms with Crippen molar-refractivity contribution in [3.05, 3.63) is 78.2 Å². The Bertz CT molecular complexity index is 1160. The highest BCUT2D eigenvalue weighted by atomic mass is 32.2. The molecule has 0 bridgehead atoms. The van der Waals surface area contributed by atoms with Gasteiger partial charge in [-0.2, -0.15) is 0 Å². The topological polar surface area (TPSA) is 95.5 Å². The molecular formula is C24H29N5O3S. The van der Waals surface area contributed by atoms with Crippen LogP contribution in [0.25, 0.3) is 0 Å². The number of nitrogens with zero attached hydrogens (tertiary/aromatic N) is 4. The quantitative estimate of drug-likeness (QED) is 0.519. The number of aryl methyl sites for hydroxylation is 1. The summed E-state index contributed by atoms with van der Waals surface area (Å²) >= 11 is 0. The third-order valence-electron chi connectivity index (χ3n) is 5.17. The predicted octanol–water partition coefficient (Wildman–Crippen LogP) is 3.14. The first-order valence-electron chi connectivity index (χ1n) is 10.7. The molecule has 1 unspecified atom stereocenters. The van der Waals surface area contributed by atoms with E-state index in [0.717, 1.165) is 5.56 Å². The highest BCUT2D eigenvalue weighted by Gasteiger charge is 2.35. The van der Waals surface area contributed by atoms with Gasteiger partial charge in [-0.15, -0.1) is 0 Å². The second-order valence-corrected chi connectivity index (χ2v) is 9.66. The second-order valence-electron chi connectivity index (χ2n) is 7.85. The number of rotatable bonds is 9. The molecule has 1 atom stereocenters. The van der Waals surface area contributed by atoms with Crippen LogP contribution in [0.3, 0.4) is 0 Å². The van der Waals surface area contributed by atoms with E-state index < -0.39 is 22.0 Å². The molecule has 1 amide bonds. The first-order valence-corrected chi connectivity index (χ1v) is 12.1. The molecule has 0 aliphatic rings. The van der Waals surface area contributed by atoms with E-state index in [1.165, 1.54) is 16.6 Å². The molecule has 0 aliphatic heterocycles. The first kappa shape index (κ1) is 24.2. The lowest BCUT2D eigenvalue weighted by Crippen LogP contribution is -2.49. The lowest BCUT2D eigenvalue weighted by molar-refractivity contribution is -0.122. The molecule has 0 spiro atoms. The van der Waals surface area contributed by atoms with Crippen molar-refractivity contribution in [3.63, 3.8) is 0 Å². The Morgan fingerprint density at radius 1 is 1.03 bits per heavy atom. The number of amides is 1. The number of carbonyl (C=O) groups excluding carboxylic acids is 1. The van der Waals surface area contributed by atoms with Crippen LogP contribution in [0.2, 0.25) is 0 Å². The average molecular weight is 468 g/mol. The summed E-state index contributed by atoms with van der Waals surface area (Å²) in [5.74, 6) is 0.237. The molecule has 2 heterocycles. The molecule has 2 aromatic heterocycles. The zero-order valence-electron chi connectivity index (χ0n) is 19.3. The van der Waals surface area contributed by atoms with E-state index in [4.69, 9.17) is 0 Å². The van der Waals surface area contributed by atoms with E-state index in [1.54, 1.807) is 48.4 Å². The van der Waals surface area contributed by atoms with E-state index in [9.17, 15) is 13.2 Å². The largest absolute Gasteiger partial charge is 0.363 e. The summed E-state index contributed by atoms with van der Waals surface area (Å²) in [5, 5.41) is 2.83. The molecular weight excluding hydrogens is 438 g/mol. The van der Waals surface area contributed by atoms with Crippen LogP contribution in [0.4, 0.5) is 11.5 Å². The number of carbonyl (C=O) groups is 1. The number of hydrogen-bond acceptors (Lipinski definition) is 6. The van der Waals surface area contributed by atoms with Gasteiger partial charge in [-0.25, -0.2) is 13.4 Å². The van der Waals surface area contributed by atoms with Crippen molar-refractivity contribution in [2.24, 2.45) is 0 Å². The zero-order valence-corrected chi connectivity index (χ0v) is 20.1. The number of anilines is 2. The summed E-state index contributed by atoms with van der Waals surface area (Å²) < 4.78 is 28.7. The third kappa shape index (κ3) is 5.67. The van der Waals surface area contributed by atoms with Gasteiger partial charge in [0, 0.05) is 26.5 Å². The van der Waals surface area contributed by atoms with Gasteiger partial charge in [-0.1, -0.05) is 30.7 Å². The molecule has 1 N–H and O–H groups in total. The van der Waals surface area contributed by atoms with Crippen LogP contribution in [0.5, 0.6) is 0 Å². The normalized spacial score (nSPS) is 12.1. The standard InChI is InChI=1S/C24H29N5O3S/c1-5-22(24(30)27-16-19-8-6-7-15-25-19)29(20-11-9-18(2)10-12-20)33(31,32)21-13-14-23(26-17-21)28(3)4/h6-15,17,22H,5,16H2,1-4H3,(H,27,30). The number of hydrogen-bond donors (Lipinski definition) is 1. The van der Waals surface area contributed by atoms with Crippen LogP contribution in [-0.2, 0) is 21.4 Å². The number of aromatic nitrogens is 2. The second kappa shape index (κ2) is 10.4. The van der Waals surface area contributed by atoms with Crippen molar-refractivity contribution in [1.82, 2.24) is 15.3 Å². The van der Waals surface area contributed by atoms with Crippen LogP contribution in [-0.4, -0.2) is 44.4 Å². The molecule has 8 nitrogen and oxygen atoms in total. The van der Waals surface area contributed by atoms with Gasteiger partial charge >= 0.3 is 0 Å². The predicted molar refractivity (Wildman–Crippen MR) is 130 cm³/mol. The van der Waals surface area contributed by atoms with Gasteiger partial charge in [-0.05, 0) is 49.7 Å². The highest BCUT2D eigenvalue weighted by molar-refractivity contribution is 7.92. The third-order valence-corrected chi connectivity index (χ3v) is 6.99.